The second-order valence-electron chi connectivity index (χ2n) is 9.04. The average molecular weight is 458 g/mol. The zero-order valence-electron chi connectivity index (χ0n) is 20.1. The van der Waals surface area contributed by atoms with Crippen molar-refractivity contribution in [2.45, 2.75) is 39.7 Å². The number of hydrogen-bond donors (Lipinski definition) is 1. The van der Waals surface area contributed by atoms with Crippen LogP contribution in [0.5, 0.6) is 0 Å². The van der Waals surface area contributed by atoms with Crippen LogP contribution in [0.3, 0.4) is 0 Å². The molecule has 1 saturated heterocycles. The number of halogens is 1. The Balaban J connectivity index is 1.64. The van der Waals surface area contributed by atoms with Gasteiger partial charge < -0.3 is 24.6 Å². The summed E-state index contributed by atoms with van der Waals surface area (Å²) in [6, 6.07) is 3.41. The fourth-order valence-corrected chi connectivity index (χ4v) is 4.69. The Morgan fingerprint density at radius 2 is 1.82 bits per heavy atom. The van der Waals surface area contributed by atoms with Gasteiger partial charge in [0.05, 0.1) is 11.2 Å². The minimum absolute atomic E-state index is 0.0951. The van der Waals surface area contributed by atoms with Gasteiger partial charge in [-0.2, -0.15) is 0 Å². The number of hydrogen-bond acceptors (Lipinski definition) is 5. The average Bonchev–Trinajstić information content (AvgIpc) is 3.67. The molecule has 1 aromatic carbocycles. The molecule has 1 aromatic heterocycles. The van der Waals surface area contributed by atoms with Crippen LogP contribution in [0.15, 0.2) is 23.1 Å². The van der Waals surface area contributed by atoms with Crippen LogP contribution < -0.4 is 15.6 Å². The fraction of sp³-hybridized carbons (Fsp3) is 0.600. The molecule has 8 heteroatoms. The molecule has 1 aliphatic heterocycles. The number of piperazine rings is 1. The molecule has 1 amide bonds. The van der Waals surface area contributed by atoms with Gasteiger partial charge in [0, 0.05) is 56.9 Å². The number of carbonyl (C=O) groups excluding carboxylic acids is 1. The number of amides is 1. The van der Waals surface area contributed by atoms with Crippen molar-refractivity contribution in [1.29, 1.82) is 0 Å². The molecule has 1 N–H and O–H groups in total. The number of fused-ring (bicyclic) bond motifs is 1. The van der Waals surface area contributed by atoms with E-state index in [-0.39, 0.29) is 22.9 Å². The van der Waals surface area contributed by atoms with Crippen LogP contribution in [0.1, 0.15) is 50.0 Å². The van der Waals surface area contributed by atoms with Crippen LogP contribution in [-0.4, -0.2) is 79.2 Å². The summed E-state index contributed by atoms with van der Waals surface area (Å²) in [6.45, 7) is 13.6. The highest BCUT2D eigenvalue weighted by Gasteiger charge is 2.28. The molecule has 0 unspecified atom stereocenters. The number of nitrogens with zero attached hydrogens (tertiary/aromatic N) is 4. The number of carbonyl (C=O) groups is 1. The third kappa shape index (κ3) is 5.06. The number of likely N-dealkylation sites (N-methyl/N-ethyl adjacent to an activating group) is 2. The zero-order chi connectivity index (χ0) is 23.5. The van der Waals surface area contributed by atoms with Crippen molar-refractivity contribution in [1.82, 2.24) is 19.7 Å². The number of pyridine rings is 1. The molecule has 33 heavy (non-hydrogen) atoms. The lowest BCUT2D eigenvalue weighted by Gasteiger charge is -2.35. The first kappa shape index (κ1) is 23.7. The van der Waals surface area contributed by atoms with Gasteiger partial charge in [0.1, 0.15) is 11.4 Å². The predicted octanol–water partition coefficient (Wildman–Crippen LogP) is 2.69. The number of anilines is 1. The topological polar surface area (TPSA) is 60.8 Å². The Morgan fingerprint density at radius 1 is 1.12 bits per heavy atom. The maximum Gasteiger partial charge on any atom is 0.256 e. The Labute approximate surface area is 195 Å². The maximum atomic E-state index is 15.2. The standard InChI is InChI=1S/C25H36FN5O2/c1-4-28(5-2)10-9-27-25(33)20-17-31(18-7-8-18)22-16-23(21(26)15-19(22)24(20)32)30-13-11-29(6-3)12-14-30/h15-18H,4-14H2,1-3H3,(H,27,33). The third-order valence-corrected chi connectivity index (χ3v) is 7.05. The lowest BCUT2D eigenvalue weighted by atomic mass is 10.1. The largest absolute Gasteiger partial charge is 0.367 e. The quantitative estimate of drug-likeness (QED) is 0.628. The summed E-state index contributed by atoms with van der Waals surface area (Å²) in [5.41, 5.74) is 0.959. The highest BCUT2D eigenvalue weighted by molar-refractivity contribution is 5.98. The van der Waals surface area contributed by atoms with Gasteiger partial charge in [0.15, 0.2) is 0 Å². The predicted molar refractivity (Wildman–Crippen MR) is 131 cm³/mol. The van der Waals surface area contributed by atoms with Crippen molar-refractivity contribution >= 4 is 22.5 Å². The first-order valence-corrected chi connectivity index (χ1v) is 12.3. The molecule has 2 fully saturated rings. The maximum absolute atomic E-state index is 15.2. The van der Waals surface area contributed by atoms with Crippen molar-refractivity contribution in [3.05, 3.63) is 39.9 Å². The number of benzene rings is 1. The molecule has 0 atom stereocenters. The monoisotopic (exact) mass is 457 g/mol. The molecule has 1 saturated carbocycles. The van der Waals surface area contributed by atoms with Gasteiger partial charge in [-0.25, -0.2) is 4.39 Å². The highest BCUT2D eigenvalue weighted by Crippen LogP contribution is 2.38. The second kappa shape index (κ2) is 10.2. The second-order valence-corrected chi connectivity index (χ2v) is 9.04. The summed E-state index contributed by atoms with van der Waals surface area (Å²) in [6.07, 6.45) is 3.69. The third-order valence-electron chi connectivity index (χ3n) is 7.05. The molecule has 0 radical (unpaired) electrons. The molecule has 1 aliphatic carbocycles. The molecule has 0 spiro atoms. The molecule has 2 aromatic rings. The van der Waals surface area contributed by atoms with Crippen LogP contribution in [-0.2, 0) is 0 Å². The highest BCUT2D eigenvalue weighted by atomic mass is 19.1. The summed E-state index contributed by atoms with van der Waals surface area (Å²) in [4.78, 5) is 32.7. The molecule has 0 bridgehead atoms. The van der Waals surface area contributed by atoms with Crippen molar-refractivity contribution < 1.29 is 9.18 Å². The molecule has 2 heterocycles. The molecule has 180 valence electrons. The van der Waals surface area contributed by atoms with E-state index in [1.807, 2.05) is 10.6 Å². The van der Waals surface area contributed by atoms with Gasteiger partial charge in [-0.3, -0.25) is 9.59 Å². The zero-order valence-corrected chi connectivity index (χ0v) is 20.1. The first-order valence-electron chi connectivity index (χ1n) is 12.3. The van der Waals surface area contributed by atoms with Gasteiger partial charge in [0.25, 0.3) is 5.91 Å². The Morgan fingerprint density at radius 3 is 2.42 bits per heavy atom. The minimum atomic E-state index is -0.400. The first-order chi connectivity index (χ1) is 16.0. The van der Waals surface area contributed by atoms with E-state index in [1.54, 1.807) is 6.20 Å². The van der Waals surface area contributed by atoms with Crippen molar-refractivity contribution in [3.63, 3.8) is 0 Å². The fourth-order valence-electron chi connectivity index (χ4n) is 4.69. The Bertz CT molecular complexity index is 1050. The van der Waals surface area contributed by atoms with E-state index in [4.69, 9.17) is 0 Å². The van der Waals surface area contributed by atoms with E-state index >= 15 is 4.39 Å². The number of aromatic nitrogens is 1. The van der Waals surface area contributed by atoms with E-state index in [9.17, 15) is 9.59 Å². The molecular weight excluding hydrogens is 421 g/mol. The van der Waals surface area contributed by atoms with Crippen molar-refractivity contribution in [2.24, 2.45) is 0 Å². The number of rotatable bonds is 9. The summed E-state index contributed by atoms with van der Waals surface area (Å²) in [7, 11) is 0. The van der Waals surface area contributed by atoms with Gasteiger partial charge in [-0.1, -0.05) is 20.8 Å². The van der Waals surface area contributed by atoms with Gasteiger partial charge in [-0.05, 0) is 44.6 Å². The van der Waals surface area contributed by atoms with Gasteiger partial charge in [0.2, 0.25) is 5.43 Å². The van der Waals surface area contributed by atoms with E-state index in [0.29, 0.717) is 12.2 Å². The van der Waals surface area contributed by atoms with Crippen LogP contribution in [0.2, 0.25) is 0 Å². The van der Waals surface area contributed by atoms with Crippen molar-refractivity contribution in [3.8, 4) is 0 Å². The normalized spacial score (nSPS) is 17.2. The summed E-state index contributed by atoms with van der Waals surface area (Å²) in [5.74, 6) is -0.783. The SMILES string of the molecule is CCN(CC)CCNC(=O)c1cn(C2CC2)c2cc(N3CCN(CC)CC3)c(F)cc2c1=O. The van der Waals surface area contributed by atoms with Gasteiger partial charge in [-0.15, -0.1) is 0 Å². The van der Waals surface area contributed by atoms with Crippen LogP contribution in [0, 0.1) is 5.82 Å². The summed E-state index contributed by atoms with van der Waals surface area (Å²) in [5, 5.41) is 3.16. The molecule has 2 aliphatic rings. The Hall–Kier alpha value is -2.45. The smallest absolute Gasteiger partial charge is 0.256 e. The lowest BCUT2D eigenvalue weighted by Crippen LogP contribution is -2.46. The Kier molecular flexibility index (Phi) is 7.34. The van der Waals surface area contributed by atoms with E-state index < -0.39 is 11.2 Å². The minimum Gasteiger partial charge on any atom is -0.367 e. The van der Waals surface area contributed by atoms with E-state index in [2.05, 4.69) is 40.8 Å². The lowest BCUT2D eigenvalue weighted by molar-refractivity contribution is 0.0947. The number of nitrogens with one attached hydrogen (secondary N) is 1. The van der Waals surface area contributed by atoms with Crippen LogP contribution in [0.25, 0.3) is 10.9 Å². The van der Waals surface area contributed by atoms with Gasteiger partial charge >= 0.3 is 0 Å². The van der Waals surface area contributed by atoms with Crippen LogP contribution >= 0.6 is 0 Å². The molecule has 7 nitrogen and oxygen atoms in total. The summed E-state index contributed by atoms with van der Waals surface area (Å²) < 4.78 is 17.2. The van der Waals surface area contributed by atoms with E-state index in [1.165, 1.54) is 6.07 Å². The van der Waals surface area contributed by atoms with Crippen LogP contribution in [0.4, 0.5) is 10.1 Å². The molecule has 4 rings (SSSR count). The van der Waals surface area contributed by atoms with E-state index in [0.717, 1.165) is 70.7 Å². The molecular formula is C25H36FN5O2. The van der Waals surface area contributed by atoms with Crippen molar-refractivity contribution in [2.75, 3.05) is 63.8 Å². The summed E-state index contributed by atoms with van der Waals surface area (Å²) >= 11 is 0.